The van der Waals surface area contributed by atoms with E-state index in [2.05, 4.69) is 20.7 Å². The van der Waals surface area contributed by atoms with Crippen molar-refractivity contribution in [3.63, 3.8) is 0 Å². The van der Waals surface area contributed by atoms with E-state index in [1.807, 2.05) is 0 Å². The summed E-state index contributed by atoms with van der Waals surface area (Å²) in [7, 11) is 0. The second-order valence-corrected chi connectivity index (χ2v) is 3.17. The maximum atomic E-state index is 12.9. The molecule has 8 heteroatoms. The van der Waals surface area contributed by atoms with E-state index in [4.69, 9.17) is 11.5 Å². The first kappa shape index (κ1) is 11.0. The van der Waals surface area contributed by atoms with Gasteiger partial charge in [0.05, 0.1) is 5.69 Å². The fraction of sp³-hybridized carbons (Fsp3) is 0. The Morgan fingerprint density at radius 2 is 1.71 bits per heavy atom. The molecule has 2 rings (SSSR count). The van der Waals surface area contributed by atoms with Crippen LogP contribution in [0.4, 0.5) is 14.5 Å². The maximum absolute atomic E-state index is 12.9. The van der Waals surface area contributed by atoms with Gasteiger partial charge in [0.25, 0.3) is 0 Å². The molecule has 0 bridgehead atoms. The van der Waals surface area contributed by atoms with E-state index in [0.717, 1.165) is 12.1 Å². The fourth-order valence-corrected chi connectivity index (χ4v) is 1.13. The zero-order valence-corrected chi connectivity index (χ0v) is 8.48. The summed E-state index contributed by atoms with van der Waals surface area (Å²) < 4.78 is 25.5. The van der Waals surface area contributed by atoms with E-state index in [0.29, 0.717) is 0 Å². The van der Waals surface area contributed by atoms with E-state index in [1.54, 1.807) is 0 Å². The summed E-state index contributed by atoms with van der Waals surface area (Å²) in [6, 6.07) is 3.24. The molecule has 0 amide bonds. The lowest BCUT2D eigenvalue weighted by atomic mass is 10.3. The second-order valence-electron chi connectivity index (χ2n) is 3.17. The van der Waals surface area contributed by atoms with Crippen molar-refractivity contribution in [2.75, 3.05) is 5.43 Å². The van der Waals surface area contributed by atoms with Crippen molar-refractivity contribution in [3.05, 3.63) is 29.8 Å². The molecule has 0 atom stereocenters. The van der Waals surface area contributed by atoms with Crippen LogP contribution in [0.1, 0.15) is 0 Å². The SMILES string of the molecule is NC1=NN=C(N)C1=NNc1ccc(F)c(F)c1. The van der Waals surface area contributed by atoms with Crippen LogP contribution >= 0.6 is 0 Å². The van der Waals surface area contributed by atoms with Gasteiger partial charge >= 0.3 is 0 Å². The van der Waals surface area contributed by atoms with Gasteiger partial charge in [0.1, 0.15) is 0 Å². The minimum Gasteiger partial charge on any atom is -0.380 e. The number of hydrogen-bond acceptors (Lipinski definition) is 6. The van der Waals surface area contributed by atoms with Gasteiger partial charge in [-0.1, -0.05) is 0 Å². The second kappa shape index (κ2) is 4.16. The van der Waals surface area contributed by atoms with Crippen molar-refractivity contribution in [1.82, 2.24) is 0 Å². The molecule has 0 aliphatic carbocycles. The van der Waals surface area contributed by atoms with Crippen LogP contribution in [0.15, 0.2) is 33.5 Å². The number of nitrogens with one attached hydrogen (secondary N) is 1. The molecule has 17 heavy (non-hydrogen) atoms. The van der Waals surface area contributed by atoms with Crippen LogP contribution in [-0.4, -0.2) is 17.4 Å². The van der Waals surface area contributed by atoms with Crippen molar-refractivity contribution in [1.29, 1.82) is 0 Å². The molecule has 5 N–H and O–H groups in total. The minimum absolute atomic E-state index is 0.0533. The number of anilines is 1. The van der Waals surface area contributed by atoms with Crippen molar-refractivity contribution in [2.45, 2.75) is 0 Å². The van der Waals surface area contributed by atoms with Gasteiger partial charge in [-0.2, -0.15) is 5.10 Å². The third-order valence-corrected chi connectivity index (χ3v) is 1.97. The Balaban J connectivity index is 2.17. The first-order valence-electron chi connectivity index (χ1n) is 4.54. The summed E-state index contributed by atoms with van der Waals surface area (Å²) in [5.41, 5.74) is 13.8. The highest BCUT2D eigenvalue weighted by Crippen LogP contribution is 2.13. The lowest BCUT2D eigenvalue weighted by Crippen LogP contribution is -2.32. The van der Waals surface area contributed by atoms with Crippen LogP contribution in [0.3, 0.4) is 0 Å². The molecule has 1 aromatic carbocycles. The average molecular weight is 238 g/mol. The summed E-state index contributed by atoms with van der Waals surface area (Å²) in [6.45, 7) is 0. The van der Waals surface area contributed by atoms with Gasteiger partial charge in [0.15, 0.2) is 29.0 Å². The standard InChI is InChI=1S/C9H8F2N6/c10-5-2-1-4(3-6(5)11)14-15-7-8(12)16-17-9(7)13/h1-3,14H,(H4,12,13,15,16,17). The molecule has 0 unspecified atom stereocenters. The molecule has 1 heterocycles. The van der Waals surface area contributed by atoms with Gasteiger partial charge in [0.2, 0.25) is 0 Å². The Hall–Kier alpha value is -2.51. The molecule has 1 aromatic rings. The molecule has 88 valence electrons. The Morgan fingerprint density at radius 1 is 1.06 bits per heavy atom. The fourth-order valence-electron chi connectivity index (χ4n) is 1.13. The summed E-state index contributed by atoms with van der Waals surface area (Å²) >= 11 is 0. The van der Waals surface area contributed by atoms with Crippen molar-refractivity contribution < 1.29 is 8.78 Å². The number of nitrogens with zero attached hydrogens (tertiary/aromatic N) is 3. The summed E-state index contributed by atoms with van der Waals surface area (Å²) in [5.74, 6) is -1.81. The highest BCUT2D eigenvalue weighted by molar-refractivity contribution is 6.68. The van der Waals surface area contributed by atoms with Gasteiger partial charge < -0.3 is 11.5 Å². The largest absolute Gasteiger partial charge is 0.380 e. The van der Waals surface area contributed by atoms with Gasteiger partial charge in [-0.3, -0.25) is 5.43 Å². The van der Waals surface area contributed by atoms with Gasteiger partial charge in [-0.05, 0) is 12.1 Å². The van der Waals surface area contributed by atoms with Gasteiger partial charge in [-0.25, -0.2) is 8.78 Å². The third kappa shape index (κ3) is 2.19. The molecular formula is C9H8F2N6. The van der Waals surface area contributed by atoms with Crippen LogP contribution in [-0.2, 0) is 0 Å². The number of amidine groups is 2. The Bertz CT molecular complexity index is 528. The molecule has 0 spiro atoms. The summed E-state index contributed by atoms with van der Waals surface area (Å²) in [6.07, 6.45) is 0. The molecule has 1 aliphatic heterocycles. The molecule has 0 saturated carbocycles. The van der Waals surface area contributed by atoms with E-state index >= 15 is 0 Å². The number of nitrogens with two attached hydrogens (primary N) is 2. The monoisotopic (exact) mass is 238 g/mol. The summed E-state index contributed by atoms with van der Waals surface area (Å²) in [4.78, 5) is 0. The lowest BCUT2D eigenvalue weighted by molar-refractivity contribution is 0.509. The topological polar surface area (TPSA) is 101 Å². The number of halogens is 2. The van der Waals surface area contributed by atoms with Gasteiger partial charge in [-0.15, -0.1) is 10.2 Å². The van der Waals surface area contributed by atoms with Crippen molar-refractivity contribution in [3.8, 4) is 0 Å². The van der Waals surface area contributed by atoms with E-state index < -0.39 is 11.6 Å². The first-order valence-corrected chi connectivity index (χ1v) is 4.54. The van der Waals surface area contributed by atoms with Crippen molar-refractivity contribution >= 4 is 23.1 Å². The molecule has 0 fully saturated rings. The predicted molar refractivity (Wildman–Crippen MR) is 60.7 cm³/mol. The third-order valence-electron chi connectivity index (χ3n) is 1.97. The van der Waals surface area contributed by atoms with E-state index in [9.17, 15) is 8.78 Å². The van der Waals surface area contributed by atoms with Crippen LogP contribution in [0.2, 0.25) is 0 Å². The van der Waals surface area contributed by atoms with Crippen molar-refractivity contribution in [2.24, 2.45) is 26.8 Å². The minimum atomic E-state index is -0.982. The highest BCUT2D eigenvalue weighted by Gasteiger charge is 2.16. The lowest BCUT2D eigenvalue weighted by Gasteiger charge is -2.02. The van der Waals surface area contributed by atoms with Crippen LogP contribution in [0.5, 0.6) is 0 Å². The van der Waals surface area contributed by atoms with Gasteiger partial charge in [0, 0.05) is 6.07 Å². The number of rotatable bonds is 2. The average Bonchev–Trinajstić information content (AvgIpc) is 2.61. The first-order chi connectivity index (χ1) is 8.08. The quantitative estimate of drug-likeness (QED) is 0.649. The highest BCUT2D eigenvalue weighted by atomic mass is 19.2. The van der Waals surface area contributed by atoms with Crippen LogP contribution in [0, 0.1) is 11.6 Å². The number of hydrazone groups is 1. The molecule has 0 radical (unpaired) electrons. The molecule has 6 nitrogen and oxygen atoms in total. The van der Waals surface area contributed by atoms with Crippen LogP contribution < -0.4 is 16.9 Å². The predicted octanol–water partition coefficient (Wildman–Crippen LogP) is 0.376. The Kier molecular flexibility index (Phi) is 2.69. The van der Waals surface area contributed by atoms with E-state index in [1.165, 1.54) is 6.07 Å². The molecular weight excluding hydrogens is 230 g/mol. The Morgan fingerprint density at radius 3 is 2.29 bits per heavy atom. The normalized spacial score (nSPS) is 14.4. The number of benzene rings is 1. The summed E-state index contributed by atoms with van der Waals surface area (Å²) in [5, 5.41) is 10.8. The van der Waals surface area contributed by atoms with E-state index in [-0.39, 0.29) is 23.1 Å². The van der Waals surface area contributed by atoms with Crippen LogP contribution in [0.25, 0.3) is 0 Å². The maximum Gasteiger partial charge on any atom is 0.177 e. The molecule has 0 saturated heterocycles. The zero-order chi connectivity index (χ0) is 12.4. The smallest absolute Gasteiger partial charge is 0.177 e. The Labute approximate surface area is 94.7 Å². The molecule has 0 aromatic heterocycles. The molecule has 1 aliphatic rings. The zero-order valence-electron chi connectivity index (χ0n) is 8.48. The number of hydrogen-bond donors (Lipinski definition) is 3.